The molecule has 1 aromatic rings. The molecule has 5 heteroatoms. The number of allylic oxidation sites excluding steroid dienone is 3. The Morgan fingerprint density at radius 3 is 2.00 bits per heavy atom. The first kappa shape index (κ1) is 26.1. The van der Waals surface area contributed by atoms with Gasteiger partial charge in [0.2, 0.25) is 5.95 Å². The van der Waals surface area contributed by atoms with Crippen LogP contribution in [0.1, 0.15) is 91.8 Å². The largest absolute Gasteiger partial charge is 0.340 e. The van der Waals surface area contributed by atoms with Crippen molar-refractivity contribution in [2.45, 2.75) is 86.0 Å². The first-order chi connectivity index (χ1) is 13.4. The molecule has 2 fully saturated rings. The van der Waals surface area contributed by atoms with Crippen molar-refractivity contribution in [3.63, 3.8) is 0 Å². The second kappa shape index (κ2) is 15.1. The molecule has 0 aromatic carbocycles. The lowest BCUT2D eigenvalue weighted by molar-refractivity contribution is -0.119. The Balaban J connectivity index is 0.000000510. The summed E-state index contributed by atoms with van der Waals surface area (Å²) in [6.45, 7) is 17.5. The van der Waals surface area contributed by atoms with Gasteiger partial charge >= 0.3 is 0 Å². The molecule has 5 nitrogen and oxygen atoms in total. The Kier molecular flexibility index (Phi) is 14.0. The van der Waals surface area contributed by atoms with Crippen LogP contribution in [0.5, 0.6) is 0 Å². The van der Waals surface area contributed by atoms with Gasteiger partial charge < -0.3 is 9.47 Å². The zero-order chi connectivity index (χ0) is 21.5. The van der Waals surface area contributed by atoms with Crippen LogP contribution in [0.25, 0.3) is 0 Å². The third kappa shape index (κ3) is 9.86. The highest BCUT2D eigenvalue weighted by Crippen LogP contribution is 2.39. The number of nitrogens with zero attached hydrogens (tertiary/aromatic N) is 4. The third-order valence-electron chi connectivity index (χ3n) is 4.33. The monoisotopic (exact) mass is 390 g/mol. The summed E-state index contributed by atoms with van der Waals surface area (Å²) in [5.41, 5.74) is 1.41. The molecular formula is C23H42N4O. The first-order valence-electron chi connectivity index (χ1n) is 10.8. The van der Waals surface area contributed by atoms with Gasteiger partial charge in [-0.1, -0.05) is 45.4 Å². The van der Waals surface area contributed by atoms with Crippen molar-refractivity contribution in [2.75, 3.05) is 18.0 Å². The zero-order valence-corrected chi connectivity index (χ0v) is 19.3. The number of ketones is 1. The van der Waals surface area contributed by atoms with E-state index in [9.17, 15) is 4.79 Å². The van der Waals surface area contributed by atoms with Gasteiger partial charge in [-0.15, -0.1) is 16.8 Å². The van der Waals surface area contributed by atoms with Gasteiger partial charge in [-0.05, 0) is 39.5 Å². The Morgan fingerprint density at radius 2 is 1.64 bits per heavy atom. The Hall–Kier alpha value is -1.91. The number of hydrogen-bond acceptors (Lipinski definition) is 4. The van der Waals surface area contributed by atoms with Crippen molar-refractivity contribution in [1.29, 1.82) is 0 Å². The number of hydrogen-bond donors (Lipinski definition) is 0. The molecule has 2 heterocycles. The van der Waals surface area contributed by atoms with Gasteiger partial charge in [-0.3, -0.25) is 4.79 Å². The van der Waals surface area contributed by atoms with Gasteiger partial charge in [0.25, 0.3) is 0 Å². The quantitative estimate of drug-likeness (QED) is 0.607. The van der Waals surface area contributed by atoms with Crippen LogP contribution in [0.3, 0.4) is 0 Å². The first-order valence-corrected chi connectivity index (χ1v) is 10.8. The molecule has 0 bridgehead atoms. The molecule has 0 N–H and O–H groups in total. The number of Topliss-reactive ketones (excluding diaryl/α,β-unsaturated/α-hetero) is 1. The summed E-state index contributed by atoms with van der Waals surface area (Å²) in [6, 6.07) is 0. The van der Waals surface area contributed by atoms with E-state index in [1.54, 1.807) is 0 Å². The normalized spacial score (nSPS) is 15.1. The average Bonchev–Trinajstić information content (AvgIpc) is 3.47. The van der Waals surface area contributed by atoms with Crippen LogP contribution in [-0.2, 0) is 11.8 Å². The molecule has 1 saturated carbocycles. The highest BCUT2D eigenvalue weighted by Gasteiger charge is 2.30. The maximum absolute atomic E-state index is 11.2. The van der Waals surface area contributed by atoms with E-state index in [0.717, 1.165) is 31.3 Å². The van der Waals surface area contributed by atoms with Gasteiger partial charge in [0.05, 0.1) is 0 Å². The molecule has 0 unspecified atom stereocenters. The van der Waals surface area contributed by atoms with Crippen molar-refractivity contribution in [3.05, 3.63) is 30.1 Å². The minimum absolute atomic E-state index is 0.362. The van der Waals surface area contributed by atoms with E-state index < -0.39 is 0 Å². The zero-order valence-electron chi connectivity index (χ0n) is 19.3. The van der Waals surface area contributed by atoms with Gasteiger partial charge in [0.15, 0.2) is 0 Å². The summed E-state index contributed by atoms with van der Waals surface area (Å²) >= 11 is 0. The molecule has 0 amide bonds. The van der Waals surface area contributed by atoms with Crippen molar-refractivity contribution < 1.29 is 4.79 Å². The minimum Gasteiger partial charge on any atom is -0.340 e. The smallest absolute Gasteiger partial charge is 0.226 e. The molecule has 0 atom stereocenters. The van der Waals surface area contributed by atoms with E-state index in [2.05, 4.69) is 60.0 Å². The minimum atomic E-state index is 0.362. The molecule has 0 spiro atoms. The number of carbonyl (C=O) groups excluding carboxylic acids is 1. The summed E-state index contributed by atoms with van der Waals surface area (Å²) in [6.07, 6.45) is 10.1. The summed E-state index contributed by atoms with van der Waals surface area (Å²) in [4.78, 5) is 13.3. The summed E-state index contributed by atoms with van der Waals surface area (Å²) in [7, 11) is 2.03. The van der Waals surface area contributed by atoms with Crippen LogP contribution < -0.4 is 4.90 Å². The van der Waals surface area contributed by atoms with Gasteiger partial charge in [0, 0.05) is 38.9 Å². The van der Waals surface area contributed by atoms with E-state index in [-0.39, 0.29) is 0 Å². The molecule has 1 aromatic heterocycles. The average molecular weight is 391 g/mol. The van der Waals surface area contributed by atoms with Crippen molar-refractivity contribution >= 4 is 11.7 Å². The molecule has 1 saturated heterocycles. The number of carbonyl (C=O) groups is 1. The third-order valence-corrected chi connectivity index (χ3v) is 4.33. The molecule has 160 valence electrons. The molecular weight excluding hydrogens is 348 g/mol. The van der Waals surface area contributed by atoms with Gasteiger partial charge in [-0.25, -0.2) is 0 Å². The van der Waals surface area contributed by atoms with E-state index in [1.807, 2.05) is 27.0 Å². The molecule has 28 heavy (non-hydrogen) atoms. The van der Waals surface area contributed by atoms with E-state index in [1.165, 1.54) is 24.8 Å². The fourth-order valence-electron chi connectivity index (χ4n) is 2.67. The molecule has 2 aliphatic rings. The predicted octanol–water partition coefficient (Wildman–Crippen LogP) is 5.83. The Bertz CT molecular complexity index is 586. The second-order valence-corrected chi connectivity index (χ2v) is 7.10. The summed E-state index contributed by atoms with van der Waals surface area (Å²) in [5, 5.41) is 8.51. The van der Waals surface area contributed by atoms with Crippen LogP contribution in [0, 0.1) is 0 Å². The highest BCUT2D eigenvalue weighted by molar-refractivity contribution is 5.80. The Morgan fingerprint density at radius 1 is 1.11 bits per heavy atom. The lowest BCUT2D eigenvalue weighted by Gasteiger charge is -2.26. The second-order valence-electron chi connectivity index (χ2n) is 7.10. The number of piperidine rings is 1. The number of rotatable bonds is 4. The van der Waals surface area contributed by atoms with Crippen LogP contribution in [0.4, 0.5) is 5.95 Å². The molecule has 1 aliphatic carbocycles. The lowest BCUT2D eigenvalue weighted by atomic mass is 10.1. The SMILES string of the molecule is C=CCC.CC.CCC=C(C)C.Cn1c(C2CC2)nnc1N1CCC(=O)CC1. The van der Waals surface area contributed by atoms with Gasteiger partial charge in [-0.2, -0.15) is 0 Å². The molecule has 1 aliphatic heterocycles. The lowest BCUT2D eigenvalue weighted by Crippen LogP contribution is -2.35. The van der Waals surface area contributed by atoms with Crippen LogP contribution in [-0.4, -0.2) is 33.6 Å². The number of aromatic nitrogens is 3. The maximum Gasteiger partial charge on any atom is 0.226 e. The molecule has 0 radical (unpaired) electrons. The van der Waals surface area contributed by atoms with Crippen LogP contribution >= 0.6 is 0 Å². The molecule has 3 rings (SSSR count). The summed E-state index contributed by atoms with van der Waals surface area (Å²) < 4.78 is 2.09. The van der Waals surface area contributed by atoms with Crippen LogP contribution in [0.15, 0.2) is 24.3 Å². The fraction of sp³-hybridized carbons (Fsp3) is 0.696. The van der Waals surface area contributed by atoms with Crippen molar-refractivity contribution in [3.8, 4) is 0 Å². The fourth-order valence-corrected chi connectivity index (χ4v) is 2.67. The maximum atomic E-state index is 11.2. The van der Waals surface area contributed by atoms with E-state index in [4.69, 9.17) is 0 Å². The predicted molar refractivity (Wildman–Crippen MR) is 121 cm³/mol. The topological polar surface area (TPSA) is 51.0 Å². The summed E-state index contributed by atoms with van der Waals surface area (Å²) in [5.74, 6) is 3.01. The van der Waals surface area contributed by atoms with Crippen LogP contribution in [0.2, 0.25) is 0 Å². The standard InChI is InChI=1S/C11H16N4O.C6H12.C4H8.C2H6/c1-14-10(8-2-3-8)12-13-11(14)15-6-4-9(16)5-7-15;1-4-5-6(2)3;1-3-4-2;1-2/h8H,2-7H2,1H3;5H,4H2,1-3H3;3H,1,4H2,2H3;1-2H3. The van der Waals surface area contributed by atoms with E-state index in [0.29, 0.717) is 24.5 Å². The Labute approximate surface area is 172 Å². The van der Waals surface area contributed by atoms with E-state index >= 15 is 0 Å². The number of anilines is 1. The van der Waals surface area contributed by atoms with Crippen molar-refractivity contribution in [2.24, 2.45) is 7.05 Å². The highest BCUT2D eigenvalue weighted by atomic mass is 16.1. The van der Waals surface area contributed by atoms with Gasteiger partial charge in [0.1, 0.15) is 11.6 Å². The van der Waals surface area contributed by atoms with Crippen molar-refractivity contribution in [1.82, 2.24) is 14.8 Å².